The van der Waals surface area contributed by atoms with Crippen LogP contribution >= 0.6 is 23.2 Å². The zero-order chi connectivity index (χ0) is 9.59. The lowest BCUT2D eigenvalue weighted by atomic mass is 10.1. The van der Waals surface area contributed by atoms with Gasteiger partial charge in [0.2, 0.25) is 5.78 Å². The van der Waals surface area contributed by atoms with Crippen LogP contribution in [-0.2, 0) is 0 Å². The van der Waals surface area contributed by atoms with E-state index in [0.29, 0.717) is 21.4 Å². The Kier molecular flexibility index (Phi) is 1.97. The Morgan fingerprint density at radius 1 is 1.31 bits per heavy atom. The third-order valence-corrected chi connectivity index (χ3v) is 2.58. The smallest absolute Gasteiger partial charge is 0.208 e. The van der Waals surface area contributed by atoms with E-state index in [1.807, 2.05) is 0 Å². The summed E-state index contributed by atoms with van der Waals surface area (Å²) in [5.41, 5.74) is 0.404. The van der Waals surface area contributed by atoms with Crippen LogP contribution in [0.25, 0.3) is 0 Å². The summed E-state index contributed by atoms with van der Waals surface area (Å²) in [6.45, 7) is 1.68. The molecule has 2 rings (SSSR count). The van der Waals surface area contributed by atoms with Gasteiger partial charge in [-0.15, -0.1) is 0 Å². The molecule has 0 radical (unpaired) electrons. The highest BCUT2D eigenvalue weighted by atomic mass is 35.5. The quantitative estimate of drug-likeness (QED) is 0.667. The molecule has 0 aromatic heterocycles. The van der Waals surface area contributed by atoms with Crippen LogP contribution in [0.3, 0.4) is 0 Å². The van der Waals surface area contributed by atoms with E-state index in [0.717, 1.165) is 0 Å². The van der Waals surface area contributed by atoms with Crippen LogP contribution in [0.4, 0.5) is 0 Å². The normalized spacial score (nSPS) is 19.9. The minimum Gasteiger partial charge on any atom is -0.480 e. The third kappa shape index (κ3) is 1.21. The molecule has 1 aromatic carbocycles. The predicted octanol–water partition coefficient (Wildman–Crippen LogP) is 2.96. The predicted molar refractivity (Wildman–Crippen MR) is 50.9 cm³/mol. The van der Waals surface area contributed by atoms with Crippen LogP contribution in [0, 0.1) is 0 Å². The third-order valence-electron chi connectivity index (χ3n) is 1.97. The van der Waals surface area contributed by atoms with Crippen molar-refractivity contribution in [2.75, 3.05) is 0 Å². The number of ether oxygens (including phenoxy) is 1. The van der Waals surface area contributed by atoms with Crippen molar-refractivity contribution in [2.24, 2.45) is 0 Å². The number of fused-ring (bicyclic) bond motifs is 1. The van der Waals surface area contributed by atoms with Gasteiger partial charge in [-0.1, -0.05) is 23.2 Å². The van der Waals surface area contributed by atoms with Crippen molar-refractivity contribution in [1.82, 2.24) is 0 Å². The highest BCUT2D eigenvalue weighted by Gasteiger charge is 2.32. The fourth-order valence-electron chi connectivity index (χ4n) is 1.31. The molecule has 1 aromatic rings. The molecule has 1 aliphatic rings. The molecule has 1 aliphatic heterocycles. The number of hydrogen-bond donors (Lipinski definition) is 0. The Hall–Kier alpha value is -0.730. The fraction of sp³-hybridized carbons (Fsp3) is 0.222. The van der Waals surface area contributed by atoms with E-state index in [-0.39, 0.29) is 5.78 Å². The van der Waals surface area contributed by atoms with Crippen LogP contribution in [0.2, 0.25) is 10.0 Å². The lowest BCUT2D eigenvalue weighted by Crippen LogP contribution is -2.14. The molecule has 4 heteroatoms. The van der Waals surface area contributed by atoms with E-state index in [9.17, 15) is 4.79 Å². The SMILES string of the molecule is CC1Oc2c(Cl)ccc(Cl)c2C1=O. The molecular weight excluding hydrogens is 211 g/mol. The van der Waals surface area contributed by atoms with E-state index in [1.54, 1.807) is 19.1 Å². The Balaban J connectivity index is 2.68. The summed E-state index contributed by atoms with van der Waals surface area (Å²) < 4.78 is 5.26. The summed E-state index contributed by atoms with van der Waals surface area (Å²) in [7, 11) is 0. The zero-order valence-electron chi connectivity index (χ0n) is 6.80. The topological polar surface area (TPSA) is 26.3 Å². The van der Waals surface area contributed by atoms with Crippen molar-refractivity contribution in [3.63, 3.8) is 0 Å². The first-order chi connectivity index (χ1) is 6.11. The second-order valence-corrected chi connectivity index (χ2v) is 3.67. The molecule has 0 spiro atoms. The van der Waals surface area contributed by atoms with Crippen LogP contribution in [0.15, 0.2) is 12.1 Å². The first kappa shape index (κ1) is 8.85. The number of benzene rings is 1. The number of carbonyl (C=O) groups is 1. The highest BCUT2D eigenvalue weighted by Crippen LogP contribution is 2.39. The van der Waals surface area contributed by atoms with Crippen LogP contribution < -0.4 is 4.74 Å². The van der Waals surface area contributed by atoms with Gasteiger partial charge in [0.05, 0.1) is 15.6 Å². The fourth-order valence-corrected chi connectivity index (χ4v) is 1.76. The van der Waals surface area contributed by atoms with Gasteiger partial charge in [0.15, 0.2) is 11.9 Å². The van der Waals surface area contributed by atoms with Gasteiger partial charge in [-0.2, -0.15) is 0 Å². The average molecular weight is 217 g/mol. The van der Waals surface area contributed by atoms with Crippen molar-refractivity contribution in [1.29, 1.82) is 0 Å². The average Bonchev–Trinajstić information content (AvgIpc) is 2.38. The summed E-state index contributed by atoms with van der Waals surface area (Å²) >= 11 is 11.7. The van der Waals surface area contributed by atoms with E-state index >= 15 is 0 Å². The van der Waals surface area contributed by atoms with Crippen molar-refractivity contribution in [3.8, 4) is 5.75 Å². The van der Waals surface area contributed by atoms with Crippen molar-refractivity contribution in [3.05, 3.63) is 27.7 Å². The van der Waals surface area contributed by atoms with Crippen LogP contribution in [-0.4, -0.2) is 11.9 Å². The second kappa shape index (κ2) is 2.89. The number of rotatable bonds is 0. The second-order valence-electron chi connectivity index (χ2n) is 2.86. The first-order valence-corrected chi connectivity index (χ1v) is 4.55. The van der Waals surface area contributed by atoms with Gasteiger partial charge in [-0.3, -0.25) is 4.79 Å². The number of halogens is 2. The van der Waals surface area contributed by atoms with E-state index < -0.39 is 6.10 Å². The maximum atomic E-state index is 11.5. The molecule has 0 fully saturated rings. The summed E-state index contributed by atoms with van der Waals surface area (Å²) in [6, 6.07) is 3.22. The summed E-state index contributed by atoms with van der Waals surface area (Å²) in [6.07, 6.45) is -0.479. The van der Waals surface area contributed by atoms with Crippen molar-refractivity contribution in [2.45, 2.75) is 13.0 Å². The number of Topliss-reactive ketones (excluding diaryl/α,β-unsaturated/α-hetero) is 1. The monoisotopic (exact) mass is 216 g/mol. The largest absolute Gasteiger partial charge is 0.480 e. The Bertz CT molecular complexity index is 387. The summed E-state index contributed by atoms with van der Waals surface area (Å²) in [4.78, 5) is 11.5. The lowest BCUT2D eigenvalue weighted by Gasteiger charge is -2.02. The number of carbonyl (C=O) groups excluding carboxylic acids is 1. The minimum absolute atomic E-state index is 0.109. The van der Waals surface area contributed by atoms with Gasteiger partial charge < -0.3 is 4.74 Å². The lowest BCUT2D eigenvalue weighted by molar-refractivity contribution is 0.0879. The van der Waals surface area contributed by atoms with Crippen molar-refractivity contribution < 1.29 is 9.53 Å². The highest BCUT2D eigenvalue weighted by molar-refractivity contribution is 6.38. The van der Waals surface area contributed by atoms with Crippen LogP contribution in [0.5, 0.6) is 5.75 Å². The molecule has 13 heavy (non-hydrogen) atoms. The number of hydrogen-bond acceptors (Lipinski definition) is 2. The van der Waals surface area contributed by atoms with Gasteiger partial charge >= 0.3 is 0 Å². The van der Waals surface area contributed by atoms with Gasteiger partial charge in [-0.25, -0.2) is 0 Å². The van der Waals surface area contributed by atoms with Gasteiger partial charge in [0.25, 0.3) is 0 Å². The molecule has 68 valence electrons. The molecule has 2 nitrogen and oxygen atoms in total. The first-order valence-electron chi connectivity index (χ1n) is 3.80. The van der Waals surface area contributed by atoms with Gasteiger partial charge in [0, 0.05) is 0 Å². The Morgan fingerprint density at radius 3 is 2.54 bits per heavy atom. The molecule has 0 saturated carbocycles. The standard InChI is InChI=1S/C9H6Cl2O2/c1-4-8(12)7-5(10)2-3-6(11)9(7)13-4/h2-4H,1H3. The molecule has 1 unspecified atom stereocenters. The molecule has 1 heterocycles. The van der Waals surface area contributed by atoms with Crippen molar-refractivity contribution >= 4 is 29.0 Å². The molecule has 1 atom stereocenters. The maximum Gasteiger partial charge on any atom is 0.208 e. The Morgan fingerprint density at radius 2 is 1.92 bits per heavy atom. The van der Waals surface area contributed by atoms with E-state index in [1.165, 1.54) is 0 Å². The number of ketones is 1. The van der Waals surface area contributed by atoms with E-state index in [2.05, 4.69) is 0 Å². The minimum atomic E-state index is -0.479. The molecule has 0 bridgehead atoms. The molecule has 0 N–H and O–H groups in total. The molecule has 0 amide bonds. The molecule has 0 saturated heterocycles. The van der Waals surface area contributed by atoms with Gasteiger partial charge in [0.1, 0.15) is 0 Å². The van der Waals surface area contributed by atoms with E-state index in [4.69, 9.17) is 27.9 Å². The maximum absolute atomic E-state index is 11.5. The Labute approximate surface area is 85.4 Å². The van der Waals surface area contributed by atoms with Crippen LogP contribution in [0.1, 0.15) is 17.3 Å². The molecule has 0 aliphatic carbocycles. The molecular formula is C9H6Cl2O2. The zero-order valence-corrected chi connectivity index (χ0v) is 8.32. The van der Waals surface area contributed by atoms with Gasteiger partial charge in [-0.05, 0) is 19.1 Å². The summed E-state index contributed by atoms with van der Waals surface area (Å²) in [5.74, 6) is 0.300. The summed E-state index contributed by atoms with van der Waals surface area (Å²) in [5, 5.41) is 0.825.